The lowest BCUT2D eigenvalue weighted by Gasteiger charge is -2.05. The molecule has 4 aromatic rings. The Morgan fingerprint density at radius 2 is 1.96 bits per heavy atom. The zero-order valence-electron chi connectivity index (χ0n) is 13.8. The van der Waals surface area contributed by atoms with Gasteiger partial charge in [-0.05, 0) is 49.4 Å². The van der Waals surface area contributed by atoms with Gasteiger partial charge < -0.3 is 20.0 Å². The summed E-state index contributed by atoms with van der Waals surface area (Å²) in [4.78, 5) is 24.3. The Morgan fingerprint density at radius 1 is 1.19 bits per heavy atom. The minimum Gasteiger partial charge on any atom is -0.376 e. The second-order valence-electron chi connectivity index (χ2n) is 5.66. The summed E-state index contributed by atoms with van der Waals surface area (Å²) in [6.07, 6.45) is 2.89. The number of fused-ring (bicyclic) bond motifs is 1. The van der Waals surface area contributed by atoms with Crippen molar-refractivity contribution >= 4 is 28.9 Å². The first kappa shape index (κ1) is 16.2. The quantitative estimate of drug-likeness (QED) is 0.575. The van der Waals surface area contributed by atoms with Gasteiger partial charge in [-0.2, -0.15) is 4.98 Å². The number of hydrogen-bond acceptors (Lipinski definition) is 5. The van der Waals surface area contributed by atoms with Gasteiger partial charge >= 0.3 is 12.1 Å². The van der Waals surface area contributed by atoms with Crippen LogP contribution >= 0.6 is 11.8 Å². The van der Waals surface area contributed by atoms with Crippen molar-refractivity contribution in [3.05, 3.63) is 60.7 Å². The Hall–Kier alpha value is -3.26. The number of nitrogens with zero attached hydrogens (tertiary/aromatic N) is 3. The number of nitrogens with two attached hydrogens (primary N) is 1. The molecule has 2 aromatic heterocycles. The number of aromatic nitrogens is 4. The molecular weight excluding hydrogens is 350 g/mol. The van der Waals surface area contributed by atoms with Gasteiger partial charge in [-0.15, -0.1) is 0 Å². The van der Waals surface area contributed by atoms with Crippen LogP contribution in [0, 0.1) is 6.92 Å². The van der Waals surface area contributed by atoms with Gasteiger partial charge in [0.2, 0.25) is 0 Å². The van der Waals surface area contributed by atoms with Crippen molar-refractivity contribution in [3.8, 4) is 11.7 Å². The predicted molar refractivity (Wildman–Crippen MR) is 98.7 cm³/mol. The molecule has 2 aromatic carbocycles. The number of aromatic amines is 1. The number of benzene rings is 2. The molecule has 130 valence electrons. The van der Waals surface area contributed by atoms with E-state index in [1.807, 2.05) is 35.9 Å². The number of rotatable bonds is 4. The van der Waals surface area contributed by atoms with Gasteiger partial charge in [-0.25, -0.2) is 9.78 Å². The molecule has 8 heteroatoms. The largest absolute Gasteiger partial charge is 0.412 e. The van der Waals surface area contributed by atoms with Crippen LogP contribution in [0.3, 0.4) is 0 Å². The highest BCUT2D eigenvalue weighted by molar-refractivity contribution is 7.99. The van der Waals surface area contributed by atoms with E-state index in [1.54, 1.807) is 18.1 Å². The predicted octanol–water partition coefficient (Wildman–Crippen LogP) is 3.67. The minimum absolute atomic E-state index is 0.0922. The number of carbonyl (C=O) groups is 1. The van der Waals surface area contributed by atoms with Crippen LogP contribution in [-0.4, -0.2) is 25.6 Å². The molecular formula is C18H15N5O2S. The van der Waals surface area contributed by atoms with E-state index < -0.39 is 6.09 Å². The number of aryl methyl sites for hydroxylation is 1. The molecule has 3 N–H and O–H groups in total. The van der Waals surface area contributed by atoms with Crippen LogP contribution in [0.2, 0.25) is 0 Å². The third kappa shape index (κ3) is 3.40. The monoisotopic (exact) mass is 365 g/mol. The summed E-state index contributed by atoms with van der Waals surface area (Å²) in [5.41, 5.74) is 8.53. The number of amides is 1. The molecule has 0 fully saturated rings. The van der Waals surface area contributed by atoms with E-state index in [-0.39, 0.29) is 6.01 Å². The molecule has 0 atom stereocenters. The average molecular weight is 365 g/mol. The van der Waals surface area contributed by atoms with Crippen molar-refractivity contribution < 1.29 is 9.53 Å². The summed E-state index contributed by atoms with van der Waals surface area (Å²) < 4.78 is 6.76. The lowest BCUT2D eigenvalue weighted by Crippen LogP contribution is -2.16. The minimum atomic E-state index is -0.896. The zero-order valence-corrected chi connectivity index (χ0v) is 14.7. The molecule has 0 spiro atoms. The lowest BCUT2D eigenvalue weighted by molar-refractivity contribution is 0.207. The Kier molecular flexibility index (Phi) is 4.10. The van der Waals surface area contributed by atoms with Crippen molar-refractivity contribution in [1.29, 1.82) is 0 Å². The summed E-state index contributed by atoms with van der Waals surface area (Å²) in [5, 5.41) is 0. The van der Waals surface area contributed by atoms with E-state index in [0.29, 0.717) is 5.52 Å². The highest BCUT2D eigenvalue weighted by Crippen LogP contribution is 2.30. The van der Waals surface area contributed by atoms with Gasteiger partial charge in [0.25, 0.3) is 0 Å². The number of nitrogens with one attached hydrogen (secondary N) is 1. The second kappa shape index (κ2) is 6.57. The molecule has 26 heavy (non-hydrogen) atoms. The Balaban J connectivity index is 1.53. The number of H-pyrrole nitrogens is 1. The first-order valence-electron chi connectivity index (χ1n) is 7.83. The van der Waals surface area contributed by atoms with Crippen LogP contribution in [0.15, 0.2) is 64.8 Å². The summed E-state index contributed by atoms with van der Waals surface area (Å²) in [5.74, 6) is 0. The average Bonchev–Trinajstić information content (AvgIpc) is 3.20. The van der Waals surface area contributed by atoms with E-state index >= 15 is 0 Å². The summed E-state index contributed by atoms with van der Waals surface area (Å²) in [6, 6.07) is 14.1. The fourth-order valence-electron chi connectivity index (χ4n) is 2.55. The van der Waals surface area contributed by atoms with Crippen molar-refractivity contribution in [2.75, 3.05) is 0 Å². The maximum atomic E-state index is 10.8. The van der Waals surface area contributed by atoms with Gasteiger partial charge in [-0.1, -0.05) is 11.8 Å². The summed E-state index contributed by atoms with van der Waals surface area (Å²) in [7, 11) is 0. The lowest BCUT2D eigenvalue weighted by atomic mass is 10.3. The van der Waals surface area contributed by atoms with E-state index in [9.17, 15) is 4.79 Å². The molecule has 0 saturated carbocycles. The van der Waals surface area contributed by atoms with E-state index in [2.05, 4.69) is 39.2 Å². The first-order chi connectivity index (χ1) is 12.6. The van der Waals surface area contributed by atoms with Gasteiger partial charge in [-0.3, -0.25) is 0 Å². The van der Waals surface area contributed by atoms with Crippen molar-refractivity contribution in [3.63, 3.8) is 0 Å². The Morgan fingerprint density at radius 3 is 2.65 bits per heavy atom. The highest BCUT2D eigenvalue weighted by atomic mass is 32.2. The van der Waals surface area contributed by atoms with Gasteiger partial charge in [0.1, 0.15) is 0 Å². The van der Waals surface area contributed by atoms with Crippen LogP contribution in [0.4, 0.5) is 4.79 Å². The fourth-order valence-corrected chi connectivity index (χ4v) is 3.41. The number of primary amides is 1. The Bertz CT molecular complexity index is 1080. The first-order valence-corrected chi connectivity index (χ1v) is 8.64. The van der Waals surface area contributed by atoms with Crippen LogP contribution in [0.25, 0.3) is 16.7 Å². The van der Waals surface area contributed by atoms with Crippen molar-refractivity contribution in [1.82, 2.24) is 19.5 Å². The van der Waals surface area contributed by atoms with Crippen molar-refractivity contribution in [2.45, 2.75) is 16.7 Å². The van der Waals surface area contributed by atoms with Gasteiger partial charge in [0.05, 0.1) is 23.1 Å². The third-order valence-corrected chi connectivity index (χ3v) is 4.71. The van der Waals surface area contributed by atoms with Crippen LogP contribution < -0.4 is 10.5 Å². The van der Waals surface area contributed by atoms with Crippen molar-refractivity contribution in [2.24, 2.45) is 5.73 Å². The maximum Gasteiger partial charge on any atom is 0.412 e. The highest BCUT2D eigenvalue weighted by Gasteiger charge is 2.08. The number of imidazole rings is 2. The maximum absolute atomic E-state index is 10.8. The SMILES string of the molecule is Cc1cn(-c2ccc(Sc3ccc4[nH]c(OC(N)=O)nc4c3)cc2)cn1. The van der Waals surface area contributed by atoms with E-state index in [0.717, 1.165) is 26.7 Å². The van der Waals surface area contributed by atoms with Gasteiger partial charge in [0, 0.05) is 21.7 Å². The molecule has 0 radical (unpaired) electrons. The molecule has 0 unspecified atom stereocenters. The molecule has 4 rings (SSSR count). The normalized spacial score (nSPS) is 11.0. The van der Waals surface area contributed by atoms with Crippen LogP contribution in [0.5, 0.6) is 6.01 Å². The van der Waals surface area contributed by atoms with Crippen LogP contribution in [-0.2, 0) is 0 Å². The third-order valence-electron chi connectivity index (χ3n) is 3.71. The molecule has 0 aliphatic carbocycles. The molecule has 0 aliphatic rings. The number of hydrogen-bond donors (Lipinski definition) is 2. The molecule has 2 heterocycles. The van der Waals surface area contributed by atoms with Gasteiger partial charge in [0.15, 0.2) is 0 Å². The molecule has 0 aliphatic heterocycles. The molecule has 1 amide bonds. The number of ether oxygens (including phenoxy) is 1. The molecule has 0 bridgehead atoms. The number of carbonyl (C=O) groups excluding carboxylic acids is 1. The summed E-state index contributed by atoms with van der Waals surface area (Å²) >= 11 is 1.62. The molecule has 7 nitrogen and oxygen atoms in total. The molecule has 0 saturated heterocycles. The van der Waals surface area contributed by atoms with E-state index in [1.165, 1.54) is 0 Å². The fraction of sp³-hybridized carbons (Fsp3) is 0.0556. The topological polar surface area (TPSA) is 98.8 Å². The van der Waals surface area contributed by atoms with E-state index in [4.69, 9.17) is 10.5 Å². The Labute approximate surface area is 153 Å². The summed E-state index contributed by atoms with van der Waals surface area (Å²) in [6.45, 7) is 1.96. The smallest absolute Gasteiger partial charge is 0.376 e. The second-order valence-corrected chi connectivity index (χ2v) is 6.81. The standard InChI is InChI=1S/C18H15N5O2S/c1-11-9-23(10-20-11)12-2-4-13(5-3-12)26-14-6-7-15-16(8-14)22-18(21-15)25-17(19)24/h2-10H,1H3,(H2,19,24)(H,21,22). The zero-order chi connectivity index (χ0) is 18.1. The van der Waals surface area contributed by atoms with Crippen LogP contribution in [0.1, 0.15) is 5.69 Å².